The molecule has 11 nitrogen and oxygen atoms in total. The SMILES string of the molecule is O=C1NCc2c(ccc3c2OCC(=O)N3Cc2ncc(Cl)cn2)-c2c1c(CC1CC1)nc1c2cnn1C1CCN(C2CCC2)CC1. The Bertz CT molecular complexity index is 1880. The topological polar surface area (TPSA) is 118 Å². The quantitative estimate of drug-likeness (QED) is 0.318. The molecular formula is C34H35ClN8O3. The fourth-order valence-corrected chi connectivity index (χ4v) is 7.72. The molecule has 2 aliphatic carbocycles. The van der Waals surface area contributed by atoms with Crippen LogP contribution < -0.4 is 15.0 Å². The summed E-state index contributed by atoms with van der Waals surface area (Å²) in [5, 5.41) is 9.42. The number of fused-ring (bicyclic) bond motifs is 7. The van der Waals surface area contributed by atoms with Crippen molar-refractivity contribution in [3.63, 3.8) is 0 Å². The van der Waals surface area contributed by atoms with Gasteiger partial charge in [0.15, 0.2) is 12.3 Å². The van der Waals surface area contributed by atoms with Crippen LogP contribution in [0.2, 0.25) is 5.02 Å². The van der Waals surface area contributed by atoms with Crippen LogP contribution in [0.3, 0.4) is 0 Å². The molecule has 0 atom stereocenters. The van der Waals surface area contributed by atoms with Gasteiger partial charge in [-0.05, 0) is 62.5 Å². The lowest BCUT2D eigenvalue weighted by atomic mass is 9.89. The van der Waals surface area contributed by atoms with Crippen LogP contribution in [-0.4, -0.2) is 67.2 Å². The first-order chi connectivity index (χ1) is 22.5. The summed E-state index contributed by atoms with van der Waals surface area (Å²) in [5.41, 5.74) is 5.57. The Morgan fingerprint density at radius 2 is 1.76 bits per heavy atom. The first-order valence-corrected chi connectivity index (χ1v) is 16.9. The number of hydrogen-bond donors (Lipinski definition) is 1. The summed E-state index contributed by atoms with van der Waals surface area (Å²) in [7, 11) is 0. The Hall–Kier alpha value is -4.09. The molecule has 4 aromatic rings. The number of piperidine rings is 1. The van der Waals surface area contributed by atoms with Gasteiger partial charge in [0, 0.05) is 54.6 Å². The Labute approximate surface area is 271 Å². The number of likely N-dealkylation sites (tertiary alicyclic amines) is 1. The highest BCUT2D eigenvalue weighted by Gasteiger charge is 2.37. The van der Waals surface area contributed by atoms with Crippen molar-refractivity contribution in [1.29, 1.82) is 0 Å². The molecule has 46 heavy (non-hydrogen) atoms. The van der Waals surface area contributed by atoms with Gasteiger partial charge in [0.05, 0.1) is 40.8 Å². The van der Waals surface area contributed by atoms with Crippen LogP contribution in [0, 0.1) is 5.92 Å². The van der Waals surface area contributed by atoms with E-state index in [1.165, 1.54) is 31.7 Å². The number of anilines is 1. The summed E-state index contributed by atoms with van der Waals surface area (Å²) >= 11 is 5.99. The molecule has 6 heterocycles. The number of rotatable bonds is 6. The van der Waals surface area contributed by atoms with E-state index in [1.54, 1.807) is 4.90 Å². The van der Waals surface area contributed by atoms with E-state index in [1.807, 2.05) is 18.3 Å². The van der Waals surface area contributed by atoms with Gasteiger partial charge in [-0.3, -0.25) is 14.5 Å². The summed E-state index contributed by atoms with van der Waals surface area (Å²) < 4.78 is 8.27. The molecule has 1 N–H and O–H groups in total. The molecule has 1 saturated heterocycles. The van der Waals surface area contributed by atoms with E-state index in [-0.39, 0.29) is 37.6 Å². The minimum atomic E-state index is -0.188. The molecule has 236 valence electrons. The highest BCUT2D eigenvalue weighted by Crippen LogP contribution is 2.47. The van der Waals surface area contributed by atoms with Crippen LogP contribution in [0.4, 0.5) is 5.69 Å². The second-order valence-corrected chi connectivity index (χ2v) is 13.8. The molecule has 3 aliphatic heterocycles. The predicted molar refractivity (Wildman–Crippen MR) is 172 cm³/mol. The third kappa shape index (κ3) is 4.74. The zero-order valence-electron chi connectivity index (χ0n) is 25.5. The van der Waals surface area contributed by atoms with Crippen molar-refractivity contribution < 1.29 is 14.3 Å². The number of amides is 2. The fraction of sp³-hybridized carbons (Fsp3) is 0.471. The van der Waals surface area contributed by atoms with Crippen LogP contribution >= 0.6 is 11.6 Å². The second-order valence-electron chi connectivity index (χ2n) is 13.3. The number of halogens is 1. The summed E-state index contributed by atoms with van der Waals surface area (Å²) in [5.74, 6) is 1.29. The Balaban J connectivity index is 1.15. The molecule has 9 rings (SSSR count). The number of hydrogen-bond acceptors (Lipinski definition) is 8. The summed E-state index contributed by atoms with van der Waals surface area (Å²) in [6.45, 7) is 2.50. The van der Waals surface area contributed by atoms with Crippen molar-refractivity contribution >= 4 is 40.1 Å². The highest BCUT2D eigenvalue weighted by atomic mass is 35.5. The van der Waals surface area contributed by atoms with Crippen LogP contribution in [0.5, 0.6) is 5.75 Å². The van der Waals surface area contributed by atoms with E-state index in [0.717, 1.165) is 84.7 Å². The van der Waals surface area contributed by atoms with Crippen molar-refractivity contribution in [2.24, 2.45) is 5.92 Å². The minimum Gasteiger partial charge on any atom is -0.481 e. The standard InChI is InChI=1S/C34H35ClN8O3/c35-20-13-36-28(37-14-20)17-42-27-7-6-23-24(32(27)46-18-29(42)44)15-38-34(45)31-26(12-19-4-5-19)40-33-25(30(23)31)16-39-43(33)22-8-10-41(11-9-22)21-2-1-3-21/h6-7,13-14,16,19,21-22H,1-5,8-12,15,17-18H2,(H,38,45). The van der Waals surface area contributed by atoms with Gasteiger partial charge in [-0.25, -0.2) is 19.6 Å². The number of benzene rings is 1. The Morgan fingerprint density at radius 3 is 2.50 bits per heavy atom. The normalized spacial score (nSPS) is 20.4. The zero-order valence-corrected chi connectivity index (χ0v) is 26.3. The number of nitrogens with zero attached hydrogens (tertiary/aromatic N) is 7. The van der Waals surface area contributed by atoms with Crippen LogP contribution in [-0.2, 0) is 24.3 Å². The minimum absolute atomic E-state index is 0.117. The van der Waals surface area contributed by atoms with Crippen LogP contribution in [0.15, 0.2) is 30.7 Å². The number of pyridine rings is 1. The predicted octanol–water partition coefficient (Wildman–Crippen LogP) is 4.85. The summed E-state index contributed by atoms with van der Waals surface area (Å²) in [4.78, 5) is 45.2. The van der Waals surface area contributed by atoms with Crippen molar-refractivity contribution in [1.82, 2.24) is 34.9 Å². The van der Waals surface area contributed by atoms with Crippen molar-refractivity contribution in [3.05, 3.63) is 58.4 Å². The fourth-order valence-electron chi connectivity index (χ4n) is 7.63. The van der Waals surface area contributed by atoms with Crippen molar-refractivity contribution in [2.75, 3.05) is 24.6 Å². The lowest BCUT2D eigenvalue weighted by Gasteiger charge is -2.41. The Morgan fingerprint density at radius 1 is 0.957 bits per heavy atom. The maximum Gasteiger partial charge on any atom is 0.265 e. The van der Waals surface area contributed by atoms with E-state index >= 15 is 0 Å². The lowest BCUT2D eigenvalue weighted by molar-refractivity contribution is -0.121. The van der Waals surface area contributed by atoms with Gasteiger partial charge in [0.2, 0.25) is 0 Å². The first-order valence-electron chi connectivity index (χ1n) is 16.5. The second kappa shape index (κ2) is 11.0. The summed E-state index contributed by atoms with van der Waals surface area (Å²) in [6.07, 6.45) is 14.1. The molecular weight excluding hydrogens is 604 g/mol. The molecule has 0 radical (unpaired) electrons. The Kier molecular flexibility index (Phi) is 6.74. The molecule has 0 spiro atoms. The van der Waals surface area contributed by atoms with Crippen LogP contribution in [0.25, 0.3) is 22.2 Å². The molecule has 12 heteroatoms. The van der Waals surface area contributed by atoms with Gasteiger partial charge in [0.25, 0.3) is 11.8 Å². The monoisotopic (exact) mass is 638 g/mol. The molecule has 5 aliphatic rings. The average molecular weight is 639 g/mol. The first kappa shape index (κ1) is 28.2. The average Bonchev–Trinajstić information content (AvgIpc) is 3.79. The summed E-state index contributed by atoms with van der Waals surface area (Å²) in [6, 6.07) is 4.95. The third-order valence-electron chi connectivity index (χ3n) is 10.5. The number of carbonyl (C=O) groups is 2. The third-order valence-corrected chi connectivity index (χ3v) is 10.7. The van der Waals surface area contributed by atoms with E-state index < -0.39 is 0 Å². The number of ether oxygens (including phenoxy) is 1. The largest absolute Gasteiger partial charge is 0.481 e. The smallest absolute Gasteiger partial charge is 0.265 e. The molecule has 3 fully saturated rings. The van der Waals surface area contributed by atoms with Crippen molar-refractivity contribution in [3.8, 4) is 16.9 Å². The van der Waals surface area contributed by atoms with Crippen molar-refractivity contribution in [2.45, 2.75) is 76.5 Å². The lowest BCUT2D eigenvalue weighted by Crippen LogP contribution is -2.45. The number of nitrogens with one attached hydrogen (secondary N) is 1. The highest BCUT2D eigenvalue weighted by molar-refractivity contribution is 6.30. The van der Waals surface area contributed by atoms with Gasteiger partial charge in [-0.1, -0.05) is 24.1 Å². The van der Waals surface area contributed by atoms with Gasteiger partial charge in [-0.15, -0.1) is 0 Å². The molecule has 1 aromatic carbocycles. The number of aromatic nitrogens is 5. The van der Waals surface area contributed by atoms with Crippen LogP contribution in [0.1, 0.15) is 78.4 Å². The molecule has 2 amide bonds. The molecule has 2 saturated carbocycles. The van der Waals surface area contributed by atoms with Gasteiger partial charge in [0.1, 0.15) is 11.6 Å². The maximum atomic E-state index is 13.9. The van der Waals surface area contributed by atoms with Gasteiger partial charge in [-0.2, -0.15) is 5.10 Å². The molecule has 3 aromatic heterocycles. The van der Waals surface area contributed by atoms with E-state index in [2.05, 4.69) is 24.9 Å². The zero-order chi connectivity index (χ0) is 30.9. The molecule has 0 unspecified atom stereocenters. The van der Waals surface area contributed by atoms with Gasteiger partial charge >= 0.3 is 0 Å². The van der Waals surface area contributed by atoms with E-state index in [0.29, 0.717) is 33.8 Å². The maximum absolute atomic E-state index is 13.9. The van der Waals surface area contributed by atoms with E-state index in [4.69, 9.17) is 26.4 Å². The molecule has 0 bridgehead atoms. The number of carbonyl (C=O) groups excluding carboxylic acids is 2. The van der Waals surface area contributed by atoms with E-state index in [9.17, 15) is 9.59 Å². The van der Waals surface area contributed by atoms with Gasteiger partial charge < -0.3 is 15.0 Å².